The Bertz CT molecular complexity index is 2300. The van der Waals surface area contributed by atoms with E-state index in [0.717, 1.165) is 87.4 Å². The van der Waals surface area contributed by atoms with Crippen molar-refractivity contribution in [3.05, 3.63) is 59.8 Å². The molecule has 15 nitrogen and oxygen atoms in total. The van der Waals surface area contributed by atoms with Gasteiger partial charge in [0.05, 0.1) is 23.0 Å². The van der Waals surface area contributed by atoms with Crippen LogP contribution in [0.15, 0.2) is 42.7 Å². The summed E-state index contributed by atoms with van der Waals surface area (Å²) in [6.45, 7) is 5.02. The molecule has 1 atom stereocenters. The molecular weight excluding hydrogens is 730 g/mol. The minimum atomic E-state index is -0.888. The Morgan fingerprint density at radius 3 is 2.39 bits per heavy atom. The molecule has 296 valence electrons. The van der Waals surface area contributed by atoms with Gasteiger partial charge in [0.25, 0.3) is 5.91 Å². The van der Waals surface area contributed by atoms with Gasteiger partial charge in [0.2, 0.25) is 23.7 Å². The molecule has 3 saturated heterocycles. The van der Waals surface area contributed by atoms with Crippen LogP contribution >= 0.6 is 0 Å². The van der Waals surface area contributed by atoms with E-state index in [4.69, 9.17) is 9.97 Å². The number of benzene rings is 1. The number of hydrogen-bond donors (Lipinski definition) is 2. The minimum absolute atomic E-state index is 0.0401. The third-order valence-corrected chi connectivity index (χ3v) is 13.0. The summed E-state index contributed by atoms with van der Waals surface area (Å²) >= 11 is 0. The van der Waals surface area contributed by atoms with Crippen molar-refractivity contribution in [1.29, 1.82) is 0 Å². The number of rotatable bonds is 8. The number of carbonyl (C=O) groups excluding carboxylic acids is 4. The van der Waals surface area contributed by atoms with Gasteiger partial charge in [0, 0.05) is 94.7 Å². The Balaban J connectivity index is 0.778. The predicted octanol–water partition coefficient (Wildman–Crippen LogP) is 3.72. The Labute approximate surface area is 329 Å². The van der Waals surface area contributed by atoms with Gasteiger partial charge in [-0.2, -0.15) is 4.98 Å². The largest absolute Gasteiger partial charge is 0.368 e. The van der Waals surface area contributed by atoms with Crippen molar-refractivity contribution >= 4 is 63.5 Å². The highest BCUT2D eigenvalue weighted by molar-refractivity contribution is 6.16. The van der Waals surface area contributed by atoms with Gasteiger partial charge in [-0.05, 0) is 62.4 Å². The molecule has 0 bridgehead atoms. The molecule has 0 radical (unpaired) electrons. The van der Waals surface area contributed by atoms with Crippen LogP contribution in [0.4, 0.5) is 33.2 Å². The number of imide groups is 1. The first-order valence-electron chi connectivity index (χ1n) is 20.2. The fourth-order valence-electron chi connectivity index (χ4n) is 9.76. The van der Waals surface area contributed by atoms with E-state index < -0.39 is 23.2 Å². The Kier molecular flexibility index (Phi) is 8.46. The van der Waals surface area contributed by atoms with Gasteiger partial charge in [-0.3, -0.25) is 34.3 Å². The lowest BCUT2D eigenvalue weighted by Gasteiger charge is -2.50. The molecular formula is C41H46FN11O4. The summed E-state index contributed by atoms with van der Waals surface area (Å²) < 4.78 is 17.7. The molecule has 57 heavy (non-hydrogen) atoms. The van der Waals surface area contributed by atoms with Crippen LogP contribution in [0.5, 0.6) is 0 Å². The maximum atomic E-state index is 15.6. The van der Waals surface area contributed by atoms with Crippen molar-refractivity contribution in [2.45, 2.75) is 74.9 Å². The fourth-order valence-corrected chi connectivity index (χ4v) is 9.76. The number of fused-ring (bicyclic) bond motifs is 3. The number of amides is 4. The molecule has 4 amide bonds. The molecule has 5 fully saturated rings. The van der Waals surface area contributed by atoms with E-state index in [1.165, 1.54) is 11.0 Å². The second-order valence-corrected chi connectivity index (χ2v) is 16.6. The summed E-state index contributed by atoms with van der Waals surface area (Å²) in [6.07, 6.45) is 9.54. The van der Waals surface area contributed by atoms with Gasteiger partial charge in [0.1, 0.15) is 29.0 Å². The maximum absolute atomic E-state index is 15.6. The lowest BCUT2D eigenvalue weighted by atomic mass is 9.93. The quantitative estimate of drug-likeness (QED) is 0.252. The molecule has 4 aliphatic heterocycles. The molecule has 2 aliphatic carbocycles. The number of piperazine rings is 1. The summed E-state index contributed by atoms with van der Waals surface area (Å²) in [6, 6.07) is 8.79. The number of pyridine rings is 1. The Hall–Kier alpha value is -5.64. The number of nitrogens with one attached hydrogen (secondary N) is 2. The average molecular weight is 776 g/mol. The second kappa shape index (κ2) is 13.5. The molecule has 16 heteroatoms. The molecule has 10 rings (SSSR count). The molecule has 1 spiro atoms. The Morgan fingerprint density at radius 1 is 0.930 bits per heavy atom. The maximum Gasteiger partial charge on any atom is 0.270 e. The molecule has 6 aliphatic rings. The van der Waals surface area contributed by atoms with E-state index >= 15 is 4.39 Å². The lowest BCUT2D eigenvalue weighted by molar-refractivity contribution is -0.135. The van der Waals surface area contributed by atoms with Gasteiger partial charge < -0.3 is 24.6 Å². The smallest absolute Gasteiger partial charge is 0.270 e. The lowest BCUT2D eigenvalue weighted by Crippen LogP contribution is -2.63. The van der Waals surface area contributed by atoms with Crippen LogP contribution in [0.1, 0.15) is 73.5 Å². The molecule has 2 N–H and O–H groups in total. The van der Waals surface area contributed by atoms with Crippen molar-refractivity contribution in [2.75, 3.05) is 73.4 Å². The van der Waals surface area contributed by atoms with Crippen molar-refractivity contribution in [2.24, 2.45) is 0 Å². The van der Waals surface area contributed by atoms with Crippen LogP contribution in [-0.2, 0) is 19.8 Å². The summed E-state index contributed by atoms with van der Waals surface area (Å²) in [4.78, 5) is 75.7. The van der Waals surface area contributed by atoms with E-state index in [2.05, 4.69) is 41.0 Å². The first-order valence-corrected chi connectivity index (χ1v) is 20.2. The van der Waals surface area contributed by atoms with Crippen LogP contribution in [0.3, 0.4) is 0 Å². The van der Waals surface area contributed by atoms with Crippen LogP contribution in [0, 0.1) is 5.82 Å². The van der Waals surface area contributed by atoms with Crippen LogP contribution in [0.25, 0.3) is 11.0 Å². The summed E-state index contributed by atoms with van der Waals surface area (Å²) in [5.74, 6) is -0.605. The molecule has 1 aromatic carbocycles. The van der Waals surface area contributed by atoms with Crippen LogP contribution < -0.4 is 25.3 Å². The standard InChI is InChI=1S/C41H46FN11O4/c1-48(2)38(56)31-19-24-20-44-40(47-36(24)52(31)25-5-3-4-6-25)45-32-11-7-26(21-43-32)49-15-17-50(18-16-49)27-22-51(23-27)29-9-8-28(42)35-34(29)41(13-14-41)39(57)53(35)30-10-12-33(54)46-37(30)55/h7-9,11,19-21,25,27,30H,3-6,10,12-18,22-23H2,1-2H3,(H,46,54,55)(H,43,44,45,47)/t30-/m1/s1. The number of anilines is 5. The number of piperidine rings is 1. The van der Waals surface area contributed by atoms with Gasteiger partial charge >= 0.3 is 0 Å². The highest BCUT2D eigenvalue weighted by Gasteiger charge is 2.63. The summed E-state index contributed by atoms with van der Waals surface area (Å²) in [7, 11) is 3.54. The molecule has 4 aromatic rings. The molecule has 2 saturated carbocycles. The van der Waals surface area contributed by atoms with Crippen LogP contribution in [-0.4, -0.2) is 118 Å². The molecule has 3 aromatic heterocycles. The van der Waals surface area contributed by atoms with E-state index in [9.17, 15) is 19.2 Å². The summed E-state index contributed by atoms with van der Waals surface area (Å²) in [5.41, 5.74) is 3.45. The number of halogens is 1. The van der Waals surface area contributed by atoms with Gasteiger partial charge in [-0.25, -0.2) is 14.4 Å². The van der Waals surface area contributed by atoms with E-state index in [0.29, 0.717) is 41.9 Å². The molecule has 0 unspecified atom stereocenters. The van der Waals surface area contributed by atoms with Crippen molar-refractivity contribution < 1.29 is 23.6 Å². The Morgan fingerprint density at radius 2 is 1.70 bits per heavy atom. The topological polar surface area (TPSA) is 152 Å². The number of hydrogen-bond acceptors (Lipinski definition) is 11. The van der Waals surface area contributed by atoms with Crippen molar-refractivity contribution in [1.82, 2.24) is 34.6 Å². The third kappa shape index (κ3) is 5.89. The van der Waals surface area contributed by atoms with E-state index in [-0.39, 0.29) is 42.3 Å². The van der Waals surface area contributed by atoms with Crippen molar-refractivity contribution in [3.8, 4) is 0 Å². The molecule has 7 heterocycles. The van der Waals surface area contributed by atoms with Gasteiger partial charge in [-0.1, -0.05) is 12.8 Å². The van der Waals surface area contributed by atoms with Crippen LogP contribution in [0.2, 0.25) is 0 Å². The normalized spacial score (nSPS) is 22.3. The third-order valence-electron chi connectivity index (χ3n) is 13.0. The van der Waals surface area contributed by atoms with Crippen molar-refractivity contribution in [3.63, 3.8) is 0 Å². The zero-order chi connectivity index (χ0) is 39.2. The van der Waals surface area contributed by atoms with E-state index in [1.54, 1.807) is 31.3 Å². The van der Waals surface area contributed by atoms with Gasteiger partial charge in [-0.15, -0.1) is 0 Å². The zero-order valence-corrected chi connectivity index (χ0v) is 32.2. The first kappa shape index (κ1) is 35.8. The fraction of sp³-hybridized carbons (Fsp3) is 0.488. The predicted molar refractivity (Wildman–Crippen MR) is 211 cm³/mol. The number of aromatic nitrogens is 4. The summed E-state index contributed by atoms with van der Waals surface area (Å²) in [5, 5.41) is 6.45. The average Bonchev–Trinajstić information content (AvgIpc) is 3.51. The number of nitrogens with zero attached hydrogens (tertiary/aromatic N) is 9. The highest BCUT2D eigenvalue weighted by atomic mass is 19.1. The zero-order valence-electron chi connectivity index (χ0n) is 32.2. The highest BCUT2D eigenvalue weighted by Crippen LogP contribution is 2.61. The van der Waals surface area contributed by atoms with E-state index in [1.807, 2.05) is 18.3 Å². The number of carbonyl (C=O) groups is 4. The van der Waals surface area contributed by atoms with Gasteiger partial charge in [0.15, 0.2) is 0 Å². The minimum Gasteiger partial charge on any atom is -0.368 e. The second-order valence-electron chi connectivity index (χ2n) is 16.6. The monoisotopic (exact) mass is 775 g/mol. The SMILES string of the molecule is CN(C)C(=O)c1cc2cnc(Nc3ccc(N4CCN(C5CN(c6ccc(F)c7c6C6(CC6)C(=O)N7[C@@H]6CCC(=O)NC6=O)C5)CC4)cn3)nc2n1C1CCCC1. The first-order chi connectivity index (χ1) is 27.6.